The van der Waals surface area contributed by atoms with Gasteiger partial charge >= 0.3 is 6.09 Å². The van der Waals surface area contributed by atoms with E-state index in [2.05, 4.69) is 15.0 Å². The van der Waals surface area contributed by atoms with Crippen molar-refractivity contribution in [3.63, 3.8) is 0 Å². The lowest BCUT2D eigenvalue weighted by Crippen LogP contribution is -2.37. The minimum absolute atomic E-state index is 0.153. The lowest BCUT2D eigenvalue weighted by molar-refractivity contribution is -0.117. The second kappa shape index (κ2) is 8.06. The lowest BCUT2D eigenvalue weighted by Gasteiger charge is -2.21. The Balaban J connectivity index is 1.70. The minimum atomic E-state index is -0.589. The van der Waals surface area contributed by atoms with E-state index in [0.717, 1.165) is 15.6 Å². The maximum Gasteiger partial charge on any atom is 0.407 e. The van der Waals surface area contributed by atoms with Gasteiger partial charge < -0.3 is 15.4 Å². The van der Waals surface area contributed by atoms with Crippen LogP contribution in [0.4, 0.5) is 10.5 Å². The van der Waals surface area contributed by atoms with E-state index < -0.39 is 17.6 Å². The number of rotatable bonds is 5. The van der Waals surface area contributed by atoms with Gasteiger partial charge in [-0.15, -0.1) is 0 Å². The van der Waals surface area contributed by atoms with Crippen molar-refractivity contribution in [1.29, 1.82) is 0 Å². The molecule has 0 fully saturated rings. The number of benzene rings is 1. The molecule has 0 aliphatic carbocycles. The Morgan fingerprint density at radius 3 is 2.78 bits per heavy atom. The monoisotopic (exact) mass is 403 g/mol. The molecule has 3 rings (SSSR count). The topological polar surface area (TPSA) is 80.3 Å². The van der Waals surface area contributed by atoms with Gasteiger partial charge in [0, 0.05) is 23.8 Å². The van der Waals surface area contributed by atoms with Crippen molar-refractivity contribution in [3.05, 3.63) is 46.8 Å². The maximum absolute atomic E-state index is 12.9. The van der Waals surface area contributed by atoms with Gasteiger partial charge in [-0.1, -0.05) is 0 Å². The van der Waals surface area contributed by atoms with E-state index in [9.17, 15) is 9.59 Å². The van der Waals surface area contributed by atoms with Crippen LogP contribution in [0.1, 0.15) is 32.3 Å². The second-order valence-corrected chi connectivity index (χ2v) is 8.67. The summed E-state index contributed by atoms with van der Waals surface area (Å²) in [4.78, 5) is 24.8. The number of nitrogens with zero attached hydrogens (tertiary/aromatic N) is 1. The molecule has 0 spiro atoms. The average Bonchev–Trinajstić information content (AvgIpc) is 3.24. The zero-order valence-electron chi connectivity index (χ0n) is 15.3. The lowest BCUT2D eigenvalue weighted by atomic mass is 10.0. The molecule has 142 valence electrons. The van der Waals surface area contributed by atoms with Crippen molar-refractivity contribution in [2.24, 2.45) is 0 Å². The van der Waals surface area contributed by atoms with Crippen LogP contribution in [-0.2, 0) is 9.53 Å². The first-order chi connectivity index (χ1) is 12.8. The number of thiophene rings is 1. The third-order valence-electron chi connectivity index (χ3n) is 3.74. The number of amides is 2. The normalized spacial score (nSPS) is 12.6. The van der Waals surface area contributed by atoms with Gasteiger partial charge in [0.1, 0.15) is 5.60 Å². The molecule has 8 heteroatoms. The van der Waals surface area contributed by atoms with Crippen LogP contribution in [0.2, 0.25) is 0 Å². The summed E-state index contributed by atoms with van der Waals surface area (Å²) in [5, 5.41) is 10.5. The fraction of sp³-hybridized carbons (Fsp3) is 0.316. The summed E-state index contributed by atoms with van der Waals surface area (Å²) in [5.74, 6) is -0.700. The van der Waals surface area contributed by atoms with Crippen molar-refractivity contribution < 1.29 is 14.3 Å². The second-order valence-electron chi connectivity index (χ2n) is 7.06. The van der Waals surface area contributed by atoms with E-state index in [0.29, 0.717) is 5.69 Å². The van der Waals surface area contributed by atoms with Gasteiger partial charge in [-0.05, 0) is 72.9 Å². The minimum Gasteiger partial charge on any atom is -0.444 e. The molecule has 0 aliphatic heterocycles. The molecule has 1 aromatic carbocycles. The van der Waals surface area contributed by atoms with Crippen molar-refractivity contribution in [2.45, 2.75) is 32.3 Å². The highest BCUT2D eigenvalue weighted by atomic mass is 32.1. The Hall–Kier alpha value is -2.45. The smallest absolute Gasteiger partial charge is 0.407 e. The highest BCUT2D eigenvalue weighted by Gasteiger charge is 2.24. The van der Waals surface area contributed by atoms with E-state index in [4.69, 9.17) is 4.74 Å². The van der Waals surface area contributed by atoms with Gasteiger partial charge in [0.25, 0.3) is 0 Å². The number of carbonyl (C=O) groups is 2. The Morgan fingerprint density at radius 1 is 1.26 bits per heavy atom. The molecule has 2 aromatic heterocycles. The molecule has 2 N–H and O–H groups in total. The SMILES string of the molecule is CC(C)(C)OC(=O)NCC(C(=O)Nc1ccc2cnsc2c1)c1ccsc1. The molecular weight excluding hydrogens is 382 g/mol. The first-order valence-corrected chi connectivity index (χ1v) is 10.2. The van der Waals surface area contributed by atoms with E-state index in [1.807, 2.05) is 35.0 Å². The number of alkyl carbamates (subject to hydrolysis) is 1. The van der Waals surface area contributed by atoms with Crippen LogP contribution in [0.3, 0.4) is 0 Å². The largest absolute Gasteiger partial charge is 0.444 e. The number of hydrogen-bond donors (Lipinski definition) is 2. The molecule has 0 aliphatic rings. The molecule has 0 bridgehead atoms. The third kappa shape index (κ3) is 5.27. The van der Waals surface area contributed by atoms with Gasteiger partial charge in [0.05, 0.1) is 10.6 Å². The predicted octanol–water partition coefficient (Wildman–Crippen LogP) is 4.60. The van der Waals surface area contributed by atoms with Gasteiger partial charge in [0.2, 0.25) is 5.91 Å². The summed E-state index contributed by atoms with van der Waals surface area (Å²) in [5.41, 5.74) is 0.968. The number of nitrogens with one attached hydrogen (secondary N) is 2. The fourth-order valence-electron chi connectivity index (χ4n) is 2.50. The van der Waals surface area contributed by atoms with Crippen LogP contribution in [0.15, 0.2) is 41.2 Å². The number of aromatic nitrogens is 1. The highest BCUT2D eigenvalue weighted by Crippen LogP contribution is 2.24. The Bertz CT molecular complexity index is 929. The first kappa shape index (κ1) is 19.3. The summed E-state index contributed by atoms with van der Waals surface area (Å²) in [6, 6.07) is 7.56. The van der Waals surface area contributed by atoms with E-state index in [-0.39, 0.29) is 12.5 Å². The Kier molecular flexibility index (Phi) is 5.76. The molecule has 1 unspecified atom stereocenters. The summed E-state index contributed by atoms with van der Waals surface area (Å²) in [6.07, 6.45) is 1.26. The molecule has 1 atom stereocenters. The standard InChI is InChI=1S/C19H21N3O3S2/c1-19(2,3)25-18(24)20-10-15(13-6-7-26-11-13)17(23)22-14-5-4-12-9-21-27-16(12)8-14/h4-9,11,15H,10H2,1-3H3,(H,20,24)(H,22,23). The molecule has 6 nitrogen and oxygen atoms in total. The van der Waals surface area contributed by atoms with Gasteiger partial charge in [-0.3, -0.25) is 4.79 Å². The summed E-state index contributed by atoms with van der Waals surface area (Å²) < 4.78 is 10.4. The molecule has 2 heterocycles. The van der Waals surface area contributed by atoms with Crippen molar-refractivity contribution >= 4 is 50.6 Å². The number of carbonyl (C=O) groups excluding carboxylic acids is 2. The van der Waals surface area contributed by atoms with E-state index in [1.54, 1.807) is 27.0 Å². The van der Waals surface area contributed by atoms with Crippen LogP contribution in [-0.4, -0.2) is 28.5 Å². The molecular formula is C19H21N3O3S2. The third-order valence-corrected chi connectivity index (χ3v) is 5.20. The van der Waals surface area contributed by atoms with Gasteiger partial charge in [0.15, 0.2) is 0 Å². The zero-order chi connectivity index (χ0) is 19.4. The summed E-state index contributed by atoms with van der Waals surface area (Å²) in [7, 11) is 0. The van der Waals surface area contributed by atoms with Crippen LogP contribution >= 0.6 is 22.9 Å². The zero-order valence-corrected chi connectivity index (χ0v) is 16.9. The summed E-state index contributed by atoms with van der Waals surface area (Å²) in [6.45, 7) is 5.54. The van der Waals surface area contributed by atoms with E-state index >= 15 is 0 Å². The quantitative estimate of drug-likeness (QED) is 0.652. The number of fused-ring (bicyclic) bond motifs is 1. The van der Waals surface area contributed by atoms with Crippen LogP contribution in [0.5, 0.6) is 0 Å². The maximum atomic E-state index is 12.9. The first-order valence-electron chi connectivity index (χ1n) is 8.46. The van der Waals surface area contributed by atoms with Crippen molar-refractivity contribution in [1.82, 2.24) is 9.69 Å². The molecule has 0 saturated heterocycles. The molecule has 0 saturated carbocycles. The predicted molar refractivity (Wildman–Crippen MR) is 110 cm³/mol. The van der Waals surface area contributed by atoms with Crippen LogP contribution < -0.4 is 10.6 Å². The highest BCUT2D eigenvalue weighted by molar-refractivity contribution is 7.13. The molecule has 3 aromatic rings. The summed E-state index contributed by atoms with van der Waals surface area (Å²) >= 11 is 2.89. The fourth-order valence-corrected chi connectivity index (χ4v) is 3.90. The molecule has 2 amide bonds. The molecule has 0 radical (unpaired) electrons. The number of anilines is 1. The van der Waals surface area contributed by atoms with Gasteiger partial charge in [-0.2, -0.15) is 15.7 Å². The van der Waals surface area contributed by atoms with Gasteiger partial charge in [-0.25, -0.2) is 4.79 Å². The van der Waals surface area contributed by atoms with Crippen LogP contribution in [0, 0.1) is 0 Å². The molecule has 27 heavy (non-hydrogen) atoms. The average molecular weight is 404 g/mol. The number of hydrogen-bond acceptors (Lipinski definition) is 6. The van der Waals surface area contributed by atoms with E-state index in [1.165, 1.54) is 22.9 Å². The number of ether oxygens (including phenoxy) is 1. The van der Waals surface area contributed by atoms with Crippen molar-refractivity contribution in [3.8, 4) is 0 Å². The Morgan fingerprint density at radius 2 is 2.07 bits per heavy atom. The van der Waals surface area contributed by atoms with Crippen molar-refractivity contribution in [2.75, 3.05) is 11.9 Å². The Labute approximate surface area is 165 Å². The van der Waals surface area contributed by atoms with Crippen LogP contribution in [0.25, 0.3) is 10.1 Å².